The molecule has 2 aromatic rings. The van der Waals surface area contributed by atoms with Crippen LogP contribution >= 0.6 is 0 Å². The van der Waals surface area contributed by atoms with Gasteiger partial charge in [0.1, 0.15) is 23.1 Å². The molecular weight excluding hydrogens is 266 g/mol. The Kier molecular flexibility index (Phi) is 4.98. The Morgan fingerprint density at radius 2 is 1.67 bits per heavy atom. The van der Waals surface area contributed by atoms with Crippen LogP contribution in [0.5, 0.6) is 11.5 Å². The van der Waals surface area contributed by atoms with E-state index in [9.17, 15) is 0 Å². The van der Waals surface area contributed by atoms with Gasteiger partial charge in [-0.25, -0.2) is 9.97 Å². The molecule has 0 saturated carbocycles. The van der Waals surface area contributed by atoms with E-state index in [1.807, 2.05) is 31.3 Å². The maximum atomic E-state index is 5.31. The third kappa shape index (κ3) is 3.62. The van der Waals surface area contributed by atoms with Crippen LogP contribution in [0.4, 0.5) is 5.82 Å². The molecule has 0 bridgehead atoms. The van der Waals surface area contributed by atoms with Gasteiger partial charge in [-0.05, 0) is 18.6 Å². The van der Waals surface area contributed by atoms with Gasteiger partial charge < -0.3 is 14.8 Å². The second-order valence-corrected chi connectivity index (χ2v) is 4.66. The molecule has 1 heterocycles. The predicted octanol–water partition coefficient (Wildman–Crippen LogP) is 3.16. The lowest BCUT2D eigenvalue weighted by molar-refractivity contribution is 0.394. The average Bonchev–Trinajstić information content (AvgIpc) is 2.54. The van der Waals surface area contributed by atoms with E-state index in [2.05, 4.69) is 22.2 Å². The van der Waals surface area contributed by atoms with Gasteiger partial charge in [0.2, 0.25) is 0 Å². The van der Waals surface area contributed by atoms with Crippen molar-refractivity contribution in [3.8, 4) is 22.8 Å². The molecule has 0 aliphatic heterocycles. The van der Waals surface area contributed by atoms with Crippen molar-refractivity contribution in [2.24, 2.45) is 0 Å². The molecule has 5 nitrogen and oxygen atoms in total. The van der Waals surface area contributed by atoms with Gasteiger partial charge in [-0.2, -0.15) is 0 Å². The third-order valence-corrected chi connectivity index (χ3v) is 3.15. The lowest BCUT2D eigenvalue weighted by Crippen LogP contribution is -2.02. The first-order chi connectivity index (χ1) is 10.2. The van der Waals surface area contributed by atoms with Gasteiger partial charge in [0.15, 0.2) is 0 Å². The fourth-order valence-electron chi connectivity index (χ4n) is 2.06. The van der Waals surface area contributed by atoms with Crippen LogP contribution < -0.4 is 14.8 Å². The minimum atomic E-state index is 0.742. The summed E-state index contributed by atoms with van der Waals surface area (Å²) in [4.78, 5) is 9.10. The van der Waals surface area contributed by atoms with E-state index in [0.29, 0.717) is 0 Å². The average molecular weight is 287 g/mol. The maximum absolute atomic E-state index is 5.31. The van der Waals surface area contributed by atoms with Crippen molar-refractivity contribution in [2.75, 3.05) is 26.6 Å². The normalized spacial score (nSPS) is 10.3. The number of hydrogen-bond donors (Lipinski definition) is 1. The summed E-state index contributed by atoms with van der Waals surface area (Å²) in [6.07, 6.45) is 1.86. The Morgan fingerprint density at radius 1 is 1.00 bits per heavy atom. The highest BCUT2D eigenvalue weighted by molar-refractivity contribution is 5.66. The number of benzene rings is 1. The van der Waals surface area contributed by atoms with E-state index < -0.39 is 0 Å². The van der Waals surface area contributed by atoms with Gasteiger partial charge in [-0.3, -0.25) is 0 Å². The Bertz CT molecular complexity index is 592. The van der Waals surface area contributed by atoms with Crippen molar-refractivity contribution in [2.45, 2.75) is 19.8 Å². The van der Waals surface area contributed by atoms with Crippen molar-refractivity contribution in [1.29, 1.82) is 0 Å². The van der Waals surface area contributed by atoms with Gasteiger partial charge in [-0.1, -0.05) is 6.92 Å². The Morgan fingerprint density at radius 3 is 2.19 bits per heavy atom. The number of ether oxygens (including phenoxy) is 2. The van der Waals surface area contributed by atoms with E-state index >= 15 is 0 Å². The minimum absolute atomic E-state index is 0.742. The molecule has 0 aliphatic rings. The Hall–Kier alpha value is -2.30. The van der Waals surface area contributed by atoms with Crippen LogP contribution in [0.15, 0.2) is 24.3 Å². The zero-order chi connectivity index (χ0) is 15.2. The lowest BCUT2D eigenvalue weighted by Gasteiger charge is -2.10. The molecule has 21 heavy (non-hydrogen) atoms. The predicted molar refractivity (Wildman–Crippen MR) is 84.1 cm³/mol. The van der Waals surface area contributed by atoms with Gasteiger partial charge in [-0.15, -0.1) is 0 Å². The molecule has 0 aliphatic carbocycles. The first-order valence-corrected chi connectivity index (χ1v) is 6.99. The number of aryl methyl sites for hydroxylation is 1. The molecule has 0 atom stereocenters. The molecule has 1 aromatic carbocycles. The standard InChI is InChI=1S/C16H21N3O2/c1-5-6-15-18-14(10-16(17-2)19-15)11-7-12(20-3)9-13(8-11)21-4/h7-10H,5-6H2,1-4H3,(H,17,18,19). The number of aromatic nitrogens is 2. The van der Waals surface area contributed by atoms with E-state index in [1.165, 1.54) is 0 Å². The molecule has 0 amide bonds. The molecule has 0 saturated heterocycles. The number of nitrogens with zero attached hydrogens (tertiary/aromatic N) is 2. The summed E-state index contributed by atoms with van der Waals surface area (Å²) in [6, 6.07) is 7.66. The molecule has 0 spiro atoms. The molecule has 5 heteroatoms. The SMILES string of the molecule is CCCc1nc(NC)cc(-c2cc(OC)cc(OC)c2)n1. The zero-order valence-electron chi connectivity index (χ0n) is 12.9. The molecule has 0 fully saturated rings. The van der Waals surface area contributed by atoms with Crippen molar-refractivity contribution in [1.82, 2.24) is 9.97 Å². The van der Waals surface area contributed by atoms with Crippen LogP contribution in [0.1, 0.15) is 19.2 Å². The molecular formula is C16H21N3O2. The highest BCUT2D eigenvalue weighted by Crippen LogP contribution is 2.29. The van der Waals surface area contributed by atoms with Crippen molar-refractivity contribution in [3.63, 3.8) is 0 Å². The number of methoxy groups -OCH3 is 2. The second kappa shape index (κ2) is 6.92. The number of rotatable bonds is 6. The Balaban J connectivity index is 2.51. The quantitative estimate of drug-likeness (QED) is 0.884. The van der Waals surface area contributed by atoms with Crippen molar-refractivity contribution in [3.05, 3.63) is 30.1 Å². The Labute approximate surface area is 125 Å². The minimum Gasteiger partial charge on any atom is -0.497 e. The van der Waals surface area contributed by atoms with E-state index in [0.717, 1.165) is 47.2 Å². The van der Waals surface area contributed by atoms with Gasteiger partial charge in [0.05, 0.1) is 19.9 Å². The van der Waals surface area contributed by atoms with Gasteiger partial charge in [0.25, 0.3) is 0 Å². The van der Waals surface area contributed by atoms with Gasteiger partial charge in [0, 0.05) is 31.2 Å². The highest BCUT2D eigenvalue weighted by Gasteiger charge is 2.09. The summed E-state index contributed by atoms with van der Waals surface area (Å²) < 4.78 is 10.6. The molecule has 2 rings (SSSR count). The number of hydrogen-bond acceptors (Lipinski definition) is 5. The summed E-state index contributed by atoms with van der Waals surface area (Å²) in [7, 11) is 5.13. The topological polar surface area (TPSA) is 56.3 Å². The van der Waals surface area contributed by atoms with Crippen LogP contribution in [-0.2, 0) is 6.42 Å². The molecule has 112 valence electrons. The van der Waals surface area contributed by atoms with E-state index in [4.69, 9.17) is 9.47 Å². The van der Waals surface area contributed by atoms with Crippen LogP contribution in [-0.4, -0.2) is 31.2 Å². The lowest BCUT2D eigenvalue weighted by atomic mass is 10.1. The highest BCUT2D eigenvalue weighted by atomic mass is 16.5. The van der Waals surface area contributed by atoms with Gasteiger partial charge >= 0.3 is 0 Å². The fraction of sp³-hybridized carbons (Fsp3) is 0.375. The van der Waals surface area contributed by atoms with Crippen molar-refractivity contribution < 1.29 is 9.47 Å². The summed E-state index contributed by atoms with van der Waals surface area (Å²) in [5.74, 6) is 3.13. The zero-order valence-corrected chi connectivity index (χ0v) is 12.9. The molecule has 1 N–H and O–H groups in total. The number of nitrogens with one attached hydrogen (secondary N) is 1. The smallest absolute Gasteiger partial charge is 0.131 e. The first-order valence-electron chi connectivity index (χ1n) is 6.99. The summed E-state index contributed by atoms with van der Waals surface area (Å²) in [5, 5.41) is 3.08. The fourth-order valence-corrected chi connectivity index (χ4v) is 2.06. The molecule has 1 aromatic heterocycles. The number of anilines is 1. The second-order valence-electron chi connectivity index (χ2n) is 4.66. The van der Waals surface area contributed by atoms with Crippen LogP contribution in [0, 0.1) is 0 Å². The van der Waals surface area contributed by atoms with Crippen LogP contribution in [0.3, 0.4) is 0 Å². The summed E-state index contributed by atoms with van der Waals surface area (Å²) in [6.45, 7) is 2.11. The largest absolute Gasteiger partial charge is 0.497 e. The third-order valence-electron chi connectivity index (χ3n) is 3.15. The monoisotopic (exact) mass is 287 g/mol. The van der Waals surface area contributed by atoms with Crippen LogP contribution in [0.25, 0.3) is 11.3 Å². The molecule has 0 unspecified atom stereocenters. The van der Waals surface area contributed by atoms with E-state index in [-0.39, 0.29) is 0 Å². The summed E-state index contributed by atoms with van der Waals surface area (Å²) in [5.41, 5.74) is 1.80. The van der Waals surface area contributed by atoms with Crippen molar-refractivity contribution >= 4 is 5.82 Å². The molecule has 0 radical (unpaired) electrons. The maximum Gasteiger partial charge on any atom is 0.131 e. The van der Waals surface area contributed by atoms with Crippen LogP contribution in [0.2, 0.25) is 0 Å². The van der Waals surface area contributed by atoms with E-state index in [1.54, 1.807) is 14.2 Å². The first kappa shape index (κ1) is 15.1. The summed E-state index contributed by atoms with van der Waals surface area (Å²) >= 11 is 0.